The lowest BCUT2D eigenvalue weighted by atomic mass is 9.68. The van der Waals surface area contributed by atoms with Gasteiger partial charge in [0.05, 0.1) is 0 Å². The number of halogens is 1. The third-order valence-corrected chi connectivity index (χ3v) is 3.84. The summed E-state index contributed by atoms with van der Waals surface area (Å²) in [4.78, 5) is 0. The van der Waals surface area contributed by atoms with Gasteiger partial charge < -0.3 is 5.73 Å². The second-order valence-electron chi connectivity index (χ2n) is 5.03. The first-order valence-corrected chi connectivity index (χ1v) is 5.37. The molecule has 0 bridgehead atoms. The summed E-state index contributed by atoms with van der Waals surface area (Å²) in [5, 5.41) is 0. The van der Waals surface area contributed by atoms with E-state index in [-0.39, 0.29) is 11.5 Å². The molecule has 2 heteroatoms. The van der Waals surface area contributed by atoms with E-state index in [4.69, 9.17) is 5.73 Å². The van der Waals surface area contributed by atoms with Crippen LogP contribution in [0, 0.1) is 11.3 Å². The minimum atomic E-state index is -0.774. The maximum absolute atomic E-state index is 13.4. The SMILES string of the molecule is CCC(C)(C)[C@@H]1CC[C@@H](N)[C@H](F)C1. The molecule has 1 saturated carbocycles. The van der Waals surface area contributed by atoms with E-state index in [0.717, 1.165) is 19.3 Å². The summed E-state index contributed by atoms with van der Waals surface area (Å²) < 4.78 is 13.4. The van der Waals surface area contributed by atoms with Gasteiger partial charge in [0, 0.05) is 6.04 Å². The van der Waals surface area contributed by atoms with E-state index in [2.05, 4.69) is 20.8 Å². The number of rotatable bonds is 2. The molecule has 0 spiro atoms. The largest absolute Gasteiger partial charge is 0.325 e. The fraction of sp³-hybridized carbons (Fsp3) is 1.00. The Kier molecular flexibility index (Phi) is 3.33. The van der Waals surface area contributed by atoms with E-state index in [1.54, 1.807) is 0 Å². The molecule has 0 radical (unpaired) electrons. The average Bonchev–Trinajstić information content (AvgIpc) is 2.09. The quantitative estimate of drug-likeness (QED) is 0.706. The van der Waals surface area contributed by atoms with E-state index < -0.39 is 6.17 Å². The molecule has 13 heavy (non-hydrogen) atoms. The van der Waals surface area contributed by atoms with Crippen molar-refractivity contribution in [2.45, 2.75) is 58.7 Å². The van der Waals surface area contributed by atoms with Crippen molar-refractivity contribution in [1.82, 2.24) is 0 Å². The predicted molar refractivity (Wildman–Crippen MR) is 54.3 cm³/mol. The van der Waals surface area contributed by atoms with Crippen molar-refractivity contribution in [2.75, 3.05) is 0 Å². The predicted octanol–water partition coefficient (Wildman–Crippen LogP) is 2.89. The molecule has 0 aromatic rings. The van der Waals surface area contributed by atoms with Gasteiger partial charge in [-0.2, -0.15) is 0 Å². The van der Waals surface area contributed by atoms with Crippen LogP contribution in [0.15, 0.2) is 0 Å². The molecule has 0 amide bonds. The van der Waals surface area contributed by atoms with Gasteiger partial charge in [-0.3, -0.25) is 0 Å². The van der Waals surface area contributed by atoms with Crippen LogP contribution in [0.5, 0.6) is 0 Å². The van der Waals surface area contributed by atoms with E-state index in [1.807, 2.05) is 0 Å². The molecule has 78 valence electrons. The Bertz CT molecular complexity index is 167. The van der Waals surface area contributed by atoms with Crippen molar-refractivity contribution in [3.63, 3.8) is 0 Å². The molecule has 2 N–H and O–H groups in total. The Balaban J connectivity index is 2.55. The molecule has 0 unspecified atom stereocenters. The van der Waals surface area contributed by atoms with Crippen molar-refractivity contribution in [2.24, 2.45) is 17.1 Å². The highest BCUT2D eigenvalue weighted by atomic mass is 19.1. The normalized spacial score (nSPS) is 36.2. The minimum absolute atomic E-state index is 0.205. The van der Waals surface area contributed by atoms with Crippen LogP contribution in [0.4, 0.5) is 4.39 Å². The van der Waals surface area contributed by atoms with Crippen molar-refractivity contribution in [3.8, 4) is 0 Å². The number of alkyl halides is 1. The maximum atomic E-state index is 13.4. The van der Waals surface area contributed by atoms with Crippen LogP contribution in [0.25, 0.3) is 0 Å². The van der Waals surface area contributed by atoms with Gasteiger partial charge in [0.25, 0.3) is 0 Å². The van der Waals surface area contributed by atoms with E-state index in [9.17, 15) is 4.39 Å². The first-order chi connectivity index (χ1) is 5.97. The van der Waals surface area contributed by atoms with Crippen molar-refractivity contribution >= 4 is 0 Å². The first-order valence-electron chi connectivity index (χ1n) is 5.37. The summed E-state index contributed by atoms with van der Waals surface area (Å²) >= 11 is 0. The topological polar surface area (TPSA) is 26.0 Å². The number of hydrogen-bond donors (Lipinski definition) is 1. The molecule has 1 aliphatic carbocycles. The Morgan fingerprint density at radius 3 is 2.46 bits per heavy atom. The first kappa shape index (κ1) is 11.0. The Morgan fingerprint density at radius 2 is 2.00 bits per heavy atom. The Morgan fingerprint density at radius 1 is 1.38 bits per heavy atom. The lowest BCUT2D eigenvalue weighted by Crippen LogP contribution is -2.41. The Hall–Kier alpha value is -0.110. The molecule has 1 rings (SSSR count). The molecule has 0 heterocycles. The molecule has 1 nitrogen and oxygen atoms in total. The summed E-state index contributed by atoms with van der Waals surface area (Å²) in [7, 11) is 0. The standard InChI is InChI=1S/C11H22FN/c1-4-11(2,3)8-5-6-10(13)9(12)7-8/h8-10H,4-7,13H2,1-3H3/t8-,9-,10-/m1/s1. The molecular weight excluding hydrogens is 165 g/mol. The van der Waals surface area contributed by atoms with Gasteiger partial charge in [0.1, 0.15) is 6.17 Å². The fourth-order valence-electron chi connectivity index (χ4n) is 2.14. The van der Waals surface area contributed by atoms with Crippen LogP contribution in [0.1, 0.15) is 46.5 Å². The van der Waals surface area contributed by atoms with Gasteiger partial charge >= 0.3 is 0 Å². The zero-order valence-corrected chi connectivity index (χ0v) is 9.02. The summed E-state index contributed by atoms with van der Waals surface area (Å²) in [5.74, 6) is 0.521. The fourth-order valence-corrected chi connectivity index (χ4v) is 2.14. The van der Waals surface area contributed by atoms with Crippen LogP contribution in [-0.4, -0.2) is 12.2 Å². The van der Waals surface area contributed by atoms with E-state index in [0.29, 0.717) is 12.3 Å². The van der Waals surface area contributed by atoms with Gasteiger partial charge in [0.15, 0.2) is 0 Å². The van der Waals surface area contributed by atoms with E-state index >= 15 is 0 Å². The van der Waals surface area contributed by atoms with Gasteiger partial charge in [-0.1, -0.05) is 27.2 Å². The second-order valence-corrected chi connectivity index (χ2v) is 5.03. The van der Waals surface area contributed by atoms with Crippen LogP contribution in [-0.2, 0) is 0 Å². The van der Waals surface area contributed by atoms with Crippen molar-refractivity contribution in [3.05, 3.63) is 0 Å². The van der Waals surface area contributed by atoms with Crippen LogP contribution in [0.2, 0.25) is 0 Å². The highest BCUT2D eigenvalue weighted by Crippen LogP contribution is 2.40. The third kappa shape index (κ3) is 2.43. The molecule has 0 aromatic carbocycles. The smallest absolute Gasteiger partial charge is 0.115 e. The highest BCUT2D eigenvalue weighted by Gasteiger charge is 2.35. The summed E-state index contributed by atoms with van der Waals surface area (Å²) in [6, 6.07) is -0.205. The van der Waals surface area contributed by atoms with Crippen LogP contribution < -0.4 is 5.73 Å². The van der Waals surface area contributed by atoms with E-state index in [1.165, 1.54) is 0 Å². The molecular formula is C11H22FN. The van der Waals surface area contributed by atoms with Crippen molar-refractivity contribution in [1.29, 1.82) is 0 Å². The van der Waals surface area contributed by atoms with Crippen molar-refractivity contribution < 1.29 is 4.39 Å². The molecule has 3 atom stereocenters. The highest BCUT2D eigenvalue weighted by molar-refractivity contribution is 4.88. The molecule has 0 aliphatic heterocycles. The number of nitrogens with two attached hydrogens (primary N) is 1. The summed E-state index contributed by atoms with van der Waals surface area (Å²) in [5.41, 5.74) is 5.93. The lowest BCUT2D eigenvalue weighted by molar-refractivity contribution is 0.0860. The zero-order valence-electron chi connectivity index (χ0n) is 9.02. The van der Waals surface area contributed by atoms with Gasteiger partial charge in [-0.15, -0.1) is 0 Å². The monoisotopic (exact) mass is 187 g/mol. The minimum Gasteiger partial charge on any atom is -0.325 e. The molecule has 0 aromatic heterocycles. The Labute approximate surface area is 80.9 Å². The van der Waals surface area contributed by atoms with Crippen LogP contribution >= 0.6 is 0 Å². The number of hydrogen-bond acceptors (Lipinski definition) is 1. The van der Waals surface area contributed by atoms with Crippen LogP contribution in [0.3, 0.4) is 0 Å². The third-order valence-electron chi connectivity index (χ3n) is 3.84. The average molecular weight is 187 g/mol. The summed E-state index contributed by atoms with van der Waals surface area (Å²) in [6.07, 6.45) is 2.98. The zero-order chi connectivity index (χ0) is 10.1. The molecule has 0 saturated heterocycles. The summed E-state index contributed by atoms with van der Waals surface area (Å²) in [6.45, 7) is 6.66. The van der Waals surface area contributed by atoms with Gasteiger partial charge in [-0.05, 0) is 30.6 Å². The van der Waals surface area contributed by atoms with Gasteiger partial charge in [-0.25, -0.2) is 4.39 Å². The maximum Gasteiger partial charge on any atom is 0.115 e. The van der Waals surface area contributed by atoms with Gasteiger partial charge in [0.2, 0.25) is 0 Å². The molecule has 1 fully saturated rings. The second kappa shape index (κ2) is 3.95. The lowest BCUT2D eigenvalue weighted by Gasteiger charge is -2.39. The molecule has 1 aliphatic rings.